The van der Waals surface area contributed by atoms with E-state index >= 15 is 0 Å². The highest BCUT2D eigenvalue weighted by molar-refractivity contribution is 7.90. The summed E-state index contributed by atoms with van der Waals surface area (Å²) >= 11 is 5.83. The number of likely N-dealkylation sites (tertiary alicyclic amines) is 1. The number of halogens is 1. The molecule has 2 aliphatic rings. The predicted octanol–water partition coefficient (Wildman–Crippen LogP) is 2.13. The number of hydrogen-bond acceptors (Lipinski definition) is 3. The van der Waals surface area contributed by atoms with Crippen molar-refractivity contribution in [1.82, 2.24) is 14.6 Å². The summed E-state index contributed by atoms with van der Waals surface area (Å²) in [5.74, 6) is -0.197. The van der Waals surface area contributed by atoms with E-state index < -0.39 is 15.3 Å². The molecule has 23 heavy (non-hydrogen) atoms. The molecule has 3 rings (SSSR count). The lowest BCUT2D eigenvalue weighted by Crippen LogP contribution is -2.50. The van der Waals surface area contributed by atoms with Crippen molar-refractivity contribution >= 4 is 27.5 Å². The molecule has 1 amide bonds. The zero-order valence-corrected chi connectivity index (χ0v) is 14.5. The minimum Gasteiger partial charge on any atom is -0.356 e. The van der Waals surface area contributed by atoms with E-state index in [0.29, 0.717) is 30.1 Å². The Morgan fingerprint density at radius 3 is 2.65 bits per heavy atom. The molecule has 8 heteroatoms. The number of nitrogens with one attached hydrogen (secondary N) is 2. The lowest BCUT2D eigenvalue weighted by molar-refractivity contribution is 0.0721. The van der Waals surface area contributed by atoms with Crippen molar-refractivity contribution in [3.05, 3.63) is 23.0 Å². The Bertz CT molecular complexity index is 667. The number of hydrogen-bond donors (Lipinski definition) is 2. The van der Waals surface area contributed by atoms with Crippen molar-refractivity contribution in [2.24, 2.45) is 0 Å². The van der Waals surface area contributed by atoms with E-state index in [1.165, 1.54) is 0 Å². The first-order valence-electron chi connectivity index (χ1n) is 8.10. The second-order valence-corrected chi connectivity index (χ2v) is 8.82. The third-order valence-electron chi connectivity index (χ3n) is 4.67. The molecule has 1 aliphatic carbocycles. The molecule has 1 saturated heterocycles. The van der Waals surface area contributed by atoms with Gasteiger partial charge in [0.15, 0.2) is 0 Å². The molecule has 6 nitrogen and oxygen atoms in total. The average Bonchev–Trinajstić information content (AvgIpc) is 3.18. The van der Waals surface area contributed by atoms with Gasteiger partial charge in [-0.3, -0.25) is 4.79 Å². The van der Waals surface area contributed by atoms with Crippen molar-refractivity contribution in [2.45, 2.75) is 49.8 Å². The quantitative estimate of drug-likeness (QED) is 0.864. The van der Waals surface area contributed by atoms with Gasteiger partial charge < -0.3 is 9.88 Å². The van der Waals surface area contributed by atoms with Crippen LogP contribution in [0.15, 0.2) is 12.3 Å². The van der Waals surface area contributed by atoms with Crippen LogP contribution >= 0.6 is 11.6 Å². The SMILES string of the molecule is O=C(c1cc(Cl)c[nH]1)N1CCCC(S(=O)(=O)NC2CCCC2)C1. The van der Waals surface area contributed by atoms with E-state index in [9.17, 15) is 13.2 Å². The van der Waals surface area contributed by atoms with Gasteiger partial charge in [0, 0.05) is 25.3 Å². The van der Waals surface area contributed by atoms with Crippen LogP contribution in [0.5, 0.6) is 0 Å². The lowest BCUT2D eigenvalue weighted by Gasteiger charge is -2.32. The van der Waals surface area contributed by atoms with Crippen LogP contribution in [-0.2, 0) is 10.0 Å². The van der Waals surface area contributed by atoms with Crippen LogP contribution in [0.1, 0.15) is 49.0 Å². The summed E-state index contributed by atoms with van der Waals surface area (Å²) in [7, 11) is -3.39. The maximum Gasteiger partial charge on any atom is 0.270 e. The number of aromatic nitrogens is 1. The van der Waals surface area contributed by atoms with E-state index in [1.807, 2.05) is 0 Å². The Morgan fingerprint density at radius 2 is 2.00 bits per heavy atom. The minimum absolute atomic E-state index is 0.0632. The highest BCUT2D eigenvalue weighted by atomic mass is 35.5. The predicted molar refractivity (Wildman–Crippen MR) is 89.0 cm³/mol. The number of rotatable bonds is 4. The van der Waals surface area contributed by atoms with Crippen LogP contribution in [0.25, 0.3) is 0 Å². The van der Waals surface area contributed by atoms with Gasteiger partial charge in [0.2, 0.25) is 10.0 Å². The molecule has 0 spiro atoms. The third kappa shape index (κ3) is 3.89. The molecule has 1 unspecified atom stereocenters. The van der Waals surface area contributed by atoms with Crippen LogP contribution in [-0.4, -0.2) is 48.6 Å². The normalized spacial score (nSPS) is 23.3. The molecule has 1 saturated carbocycles. The van der Waals surface area contributed by atoms with E-state index in [4.69, 9.17) is 11.6 Å². The summed E-state index contributed by atoms with van der Waals surface area (Å²) in [6, 6.07) is 1.63. The number of piperidine rings is 1. The average molecular weight is 360 g/mol. The standard InChI is InChI=1S/C15H22ClN3O3S/c16-11-8-14(17-9-11)15(20)19-7-3-6-13(10-19)23(21,22)18-12-4-1-2-5-12/h8-9,12-13,17-18H,1-7,10H2. The molecule has 2 fully saturated rings. The number of carbonyl (C=O) groups is 1. The van der Waals surface area contributed by atoms with Gasteiger partial charge in [-0.15, -0.1) is 0 Å². The Kier molecular flexibility index (Phi) is 4.98. The summed E-state index contributed by atoms with van der Waals surface area (Å²) in [6.07, 6.45) is 6.82. The summed E-state index contributed by atoms with van der Waals surface area (Å²) in [5, 5.41) is -0.0661. The number of carbonyl (C=O) groups excluding carboxylic acids is 1. The topological polar surface area (TPSA) is 82.3 Å². The molecule has 2 heterocycles. The summed E-state index contributed by atoms with van der Waals surface area (Å²) in [5.41, 5.74) is 0.400. The second-order valence-electron chi connectivity index (χ2n) is 6.39. The van der Waals surface area contributed by atoms with Gasteiger partial charge in [-0.25, -0.2) is 13.1 Å². The Labute approximate surface area is 141 Å². The number of aromatic amines is 1. The van der Waals surface area contributed by atoms with Gasteiger partial charge in [0.1, 0.15) is 5.69 Å². The van der Waals surface area contributed by atoms with Crippen LogP contribution in [0.4, 0.5) is 0 Å². The van der Waals surface area contributed by atoms with Gasteiger partial charge in [0.25, 0.3) is 5.91 Å². The van der Waals surface area contributed by atoms with Gasteiger partial charge in [-0.1, -0.05) is 24.4 Å². The molecule has 1 aromatic rings. The molecule has 1 aromatic heterocycles. The molecule has 0 bridgehead atoms. The first-order chi connectivity index (χ1) is 11.0. The molecule has 0 aromatic carbocycles. The monoisotopic (exact) mass is 359 g/mol. The van der Waals surface area contributed by atoms with Crippen LogP contribution in [0.2, 0.25) is 5.02 Å². The maximum absolute atomic E-state index is 12.6. The Balaban J connectivity index is 1.66. The molecular weight excluding hydrogens is 338 g/mol. The van der Waals surface area contributed by atoms with Crippen molar-refractivity contribution < 1.29 is 13.2 Å². The fraction of sp³-hybridized carbons (Fsp3) is 0.667. The number of sulfonamides is 1. The summed E-state index contributed by atoms with van der Waals surface area (Å²) in [6.45, 7) is 0.808. The first-order valence-corrected chi connectivity index (χ1v) is 10.0. The fourth-order valence-corrected chi connectivity index (χ4v) is 5.32. The molecule has 1 atom stereocenters. The van der Waals surface area contributed by atoms with Gasteiger partial charge in [-0.05, 0) is 31.7 Å². The molecule has 1 aliphatic heterocycles. The van der Waals surface area contributed by atoms with Gasteiger partial charge in [-0.2, -0.15) is 0 Å². The van der Waals surface area contributed by atoms with Crippen molar-refractivity contribution in [3.8, 4) is 0 Å². The van der Waals surface area contributed by atoms with E-state index in [0.717, 1.165) is 25.7 Å². The van der Waals surface area contributed by atoms with Crippen molar-refractivity contribution in [1.29, 1.82) is 0 Å². The number of amides is 1. The highest BCUT2D eigenvalue weighted by Crippen LogP contribution is 2.23. The van der Waals surface area contributed by atoms with Crippen molar-refractivity contribution in [2.75, 3.05) is 13.1 Å². The zero-order chi connectivity index (χ0) is 16.4. The molecule has 128 valence electrons. The van der Waals surface area contributed by atoms with Crippen molar-refractivity contribution in [3.63, 3.8) is 0 Å². The smallest absolute Gasteiger partial charge is 0.270 e. The first kappa shape index (κ1) is 16.8. The molecule has 2 N–H and O–H groups in total. The second kappa shape index (κ2) is 6.83. The van der Waals surface area contributed by atoms with Gasteiger partial charge >= 0.3 is 0 Å². The van der Waals surface area contributed by atoms with E-state index in [2.05, 4.69) is 9.71 Å². The summed E-state index contributed by atoms with van der Waals surface area (Å²) < 4.78 is 28.0. The Hall–Kier alpha value is -1.05. The zero-order valence-electron chi connectivity index (χ0n) is 12.9. The summed E-state index contributed by atoms with van der Waals surface area (Å²) in [4.78, 5) is 16.9. The maximum atomic E-state index is 12.6. The number of H-pyrrole nitrogens is 1. The lowest BCUT2D eigenvalue weighted by atomic mass is 10.1. The van der Waals surface area contributed by atoms with Crippen LogP contribution < -0.4 is 4.72 Å². The molecule has 0 radical (unpaired) electrons. The number of nitrogens with zero attached hydrogens (tertiary/aromatic N) is 1. The van der Waals surface area contributed by atoms with Gasteiger partial charge in [0.05, 0.1) is 10.3 Å². The Morgan fingerprint density at radius 1 is 1.26 bits per heavy atom. The third-order valence-corrected chi connectivity index (χ3v) is 6.81. The van der Waals surface area contributed by atoms with E-state index in [1.54, 1.807) is 17.2 Å². The largest absolute Gasteiger partial charge is 0.356 e. The molecular formula is C15H22ClN3O3S. The fourth-order valence-electron chi connectivity index (χ4n) is 3.41. The van der Waals surface area contributed by atoms with E-state index in [-0.39, 0.29) is 18.5 Å². The van der Waals surface area contributed by atoms with Crippen LogP contribution in [0, 0.1) is 0 Å². The minimum atomic E-state index is -3.39. The highest BCUT2D eigenvalue weighted by Gasteiger charge is 2.35. The van der Waals surface area contributed by atoms with Crippen LogP contribution in [0.3, 0.4) is 0 Å².